The van der Waals surface area contributed by atoms with Crippen LogP contribution in [0.1, 0.15) is 0 Å². The van der Waals surface area contributed by atoms with Gasteiger partial charge in [-0.1, -0.05) is 18.2 Å². The largest absolute Gasteiger partial charge is 0.482 e. The van der Waals surface area contributed by atoms with Gasteiger partial charge in [-0.05, 0) is 24.3 Å². The lowest BCUT2D eigenvalue weighted by Gasteiger charge is -2.11. The second kappa shape index (κ2) is 7.19. The topological polar surface area (TPSA) is 97.0 Å². The molecule has 7 nitrogen and oxygen atoms in total. The molecule has 24 heavy (non-hydrogen) atoms. The Kier molecular flexibility index (Phi) is 4.62. The molecule has 0 unspecified atom stereocenters. The summed E-state index contributed by atoms with van der Waals surface area (Å²) in [6, 6.07) is 13.6. The van der Waals surface area contributed by atoms with Crippen LogP contribution < -0.4 is 15.6 Å². The smallest absolute Gasteiger partial charge is 0.264 e. The van der Waals surface area contributed by atoms with Crippen LogP contribution in [0.2, 0.25) is 0 Å². The van der Waals surface area contributed by atoms with E-state index in [0.717, 1.165) is 0 Å². The summed E-state index contributed by atoms with van der Waals surface area (Å²) in [4.78, 5) is 27.1. The Bertz CT molecular complexity index is 873. The van der Waals surface area contributed by atoms with E-state index in [-0.39, 0.29) is 18.1 Å². The van der Waals surface area contributed by atoms with E-state index in [1.807, 2.05) is 6.07 Å². The number of nitrogens with one attached hydrogen (secondary N) is 2. The molecule has 0 saturated heterocycles. The van der Waals surface area contributed by atoms with Crippen LogP contribution >= 0.6 is 0 Å². The number of hydrogen-bond acceptors (Lipinski definition) is 5. The lowest BCUT2D eigenvalue weighted by atomic mass is 10.1. The van der Waals surface area contributed by atoms with Crippen molar-refractivity contribution in [3.8, 4) is 17.0 Å². The number of rotatable bonds is 5. The first-order chi connectivity index (χ1) is 11.7. The second-order valence-electron chi connectivity index (χ2n) is 4.88. The van der Waals surface area contributed by atoms with Crippen molar-refractivity contribution in [2.75, 3.05) is 11.9 Å². The Balaban J connectivity index is 1.72. The van der Waals surface area contributed by atoms with Crippen LogP contribution in [0.25, 0.3) is 11.3 Å². The van der Waals surface area contributed by atoms with E-state index in [1.54, 1.807) is 42.6 Å². The normalized spacial score (nSPS) is 10.2. The number of pyridine rings is 1. The molecule has 3 rings (SSSR count). The summed E-state index contributed by atoms with van der Waals surface area (Å²) in [7, 11) is 0. The predicted molar refractivity (Wildman–Crippen MR) is 88.7 cm³/mol. The first kappa shape index (κ1) is 15.4. The van der Waals surface area contributed by atoms with Crippen molar-refractivity contribution in [3.63, 3.8) is 0 Å². The number of hydrogen-bond donors (Lipinski definition) is 2. The van der Waals surface area contributed by atoms with Gasteiger partial charge in [-0.25, -0.2) is 5.10 Å². The Labute approximate surface area is 137 Å². The number of nitrogens with zero attached hydrogens (tertiary/aromatic N) is 2. The van der Waals surface area contributed by atoms with Crippen molar-refractivity contribution in [1.82, 2.24) is 15.2 Å². The van der Waals surface area contributed by atoms with Crippen molar-refractivity contribution in [3.05, 3.63) is 71.3 Å². The van der Waals surface area contributed by atoms with Crippen molar-refractivity contribution < 1.29 is 9.53 Å². The zero-order chi connectivity index (χ0) is 16.8. The monoisotopic (exact) mass is 322 g/mol. The number of ether oxygens (including phenoxy) is 1. The summed E-state index contributed by atoms with van der Waals surface area (Å²) < 4.78 is 5.36. The molecular weight excluding hydrogens is 308 g/mol. The molecule has 0 radical (unpaired) electrons. The number of carbonyl (C=O) groups is 1. The highest BCUT2D eigenvalue weighted by molar-refractivity contribution is 5.95. The number of aromatic nitrogens is 3. The summed E-state index contributed by atoms with van der Waals surface area (Å²) in [6.45, 7) is -0.140. The number of amides is 1. The lowest BCUT2D eigenvalue weighted by molar-refractivity contribution is -0.118. The van der Waals surface area contributed by atoms with Gasteiger partial charge in [-0.2, -0.15) is 5.10 Å². The van der Waals surface area contributed by atoms with Crippen LogP contribution in [0.4, 0.5) is 5.69 Å². The quantitative estimate of drug-likeness (QED) is 0.747. The van der Waals surface area contributed by atoms with E-state index >= 15 is 0 Å². The van der Waals surface area contributed by atoms with Crippen molar-refractivity contribution >= 4 is 11.6 Å². The molecule has 0 fully saturated rings. The Morgan fingerprint density at radius 1 is 1.12 bits per heavy atom. The maximum absolute atomic E-state index is 12.1. The van der Waals surface area contributed by atoms with Gasteiger partial charge >= 0.3 is 0 Å². The molecule has 7 heteroatoms. The van der Waals surface area contributed by atoms with E-state index in [2.05, 4.69) is 20.5 Å². The molecule has 0 bridgehead atoms. The Morgan fingerprint density at radius 2 is 2.00 bits per heavy atom. The van der Waals surface area contributed by atoms with E-state index in [4.69, 9.17) is 4.74 Å². The summed E-state index contributed by atoms with van der Waals surface area (Å²) in [5.74, 6) is 0.207. The number of anilines is 1. The fourth-order valence-corrected chi connectivity index (χ4v) is 2.08. The molecule has 0 aliphatic rings. The summed E-state index contributed by atoms with van der Waals surface area (Å²) in [5, 5.41) is 9.13. The fourth-order valence-electron chi connectivity index (χ4n) is 2.08. The molecule has 0 aliphatic carbocycles. The highest BCUT2D eigenvalue weighted by Gasteiger charge is 2.10. The van der Waals surface area contributed by atoms with Crippen LogP contribution in [0, 0.1) is 0 Å². The molecule has 1 aromatic carbocycles. The van der Waals surface area contributed by atoms with Crippen LogP contribution in [0.15, 0.2) is 65.7 Å². The molecule has 120 valence electrons. The molecule has 0 atom stereocenters. The van der Waals surface area contributed by atoms with Crippen molar-refractivity contribution in [1.29, 1.82) is 0 Å². The fraction of sp³-hybridized carbons (Fsp3) is 0.0588. The first-order valence-electron chi connectivity index (χ1n) is 7.20. The molecule has 2 aromatic heterocycles. The minimum Gasteiger partial charge on any atom is -0.482 e. The van der Waals surface area contributed by atoms with Gasteiger partial charge in [0.1, 0.15) is 5.75 Å². The van der Waals surface area contributed by atoms with Gasteiger partial charge in [0, 0.05) is 17.8 Å². The minimum atomic E-state index is -0.310. The van der Waals surface area contributed by atoms with E-state index in [9.17, 15) is 9.59 Å². The molecule has 2 heterocycles. The number of benzene rings is 1. The third kappa shape index (κ3) is 3.83. The van der Waals surface area contributed by atoms with Gasteiger partial charge in [-0.15, -0.1) is 0 Å². The van der Waals surface area contributed by atoms with E-state index in [0.29, 0.717) is 22.7 Å². The predicted octanol–water partition coefficient (Wildman–Crippen LogP) is 1.85. The first-order valence-corrected chi connectivity index (χ1v) is 7.20. The average Bonchev–Trinajstić information content (AvgIpc) is 2.62. The summed E-state index contributed by atoms with van der Waals surface area (Å²) in [6.07, 6.45) is 3.16. The van der Waals surface area contributed by atoms with Crippen molar-refractivity contribution in [2.45, 2.75) is 0 Å². The van der Waals surface area contributed by atoms with Crippen LogP contribution in [0.5, 0.6) is 5.75 Å². The maximum atomic E-state index is 12.1. The third-order valence-corrected chi connectivity index (χ3v) is 3.16. The third-order valence-electron chi connectivity index (χ3n) is 3.16. The number of H-pyrrole nitrogens is 1. The standard InChI is InChI=1S/C17H14N4O3/c22-16-8-7-15(20-21-16)13-5-1-2-6-14(13)19-17(23)11-24-12-4-3-9-18-10-12/h1-10H,11H2,(H,19,23)(H,21,22). The van der Waals surface area contributed by atoms with E-state index < -0.39 is 0 Å². The highest BCUT2D eigenvalue weighted by atomic mass is 16.5. The van der Waals surface area contributed by atoms with Crippen LogP contribution in [0.3, 0.4) is 0 Å². The van der Waals surface area contributed by atoms with Gasteiger partial charge in [-0.3, -0.25) is 14.6 Å². The van der Waals surface area contributed by atoms with Gasteiger partial charge in [0.25, 0.3) is 11.5 Å². The highest BCUT2D eigenvalue weighted by Crippen LogP contribution is 2.25. The van der Waals surface area contributed by atoms with Crippen molar-refractivity contribution in [2.24, 2.45) is 0 Å². The van der Waals surface area contributed by atoms with Crippen LogP contribution in [-0.4, -0.2) is 27.7 Å². The molecule has 1 amide bonds. The Hall–Kier alpha value is -3.48. The maximum Gasteiger partial charge on any atom is 0.264 e. The number of carbonyl (C=O) groups excluding carboxylic acids is 1. The summed E-state index contributed by atoms with van der Waals surface area (Å²) >= 11 is 0. The molecule has 3 aromatic rings. The van der Waals surface area contributed by atoms with Gasteiger partial charge in [0.05, 0.1) is 17.6 Å². The minimum absolute atomic E-state index is 0.140. The second-order valence-corrected chi connectivity index (χ2v) is 4.88. The molecule has 2 N–H and O–H groups in total. The molecular formula is C17H14N4O3. The Morgan fingerprint density at radius 3 is 2.75 bits per heavy atom. The lowest BCUT2D eigenvalue weighted by Crippen LogP contribution is -2.20. The van der Waals surface area contributed by atoms with Crippen LogP contribution in [-0.2, 0) is 4.79 Å². The molecule has 0 saturated carbocycles. The zero-order valence-corrected chi connectivity index (χ0v) is 12.6. The zero-order valence-electron chi connectivity index (χ0n) is 12.6. The SMILES string of the molecule is O=C(COc1cccnc1)Nc1ccccc1-c1ccc(=O)[nH]n1. The number of para-hydroxylation sites is 1. The van der Waals surface area contributed by atoms with Gasteiger partial charge in [0.2, 0.25) is 0 Å². The average molecular weight is 322 g/mol. The number of aromatic amines is 1. The molecule has 0 aliphatic heterocycles. The van der Waals surface area contributed by atoms with E-state index in [1.165, 1.54) is 12.3 Å². The summed E-state index contributed by atoms with van der Waals surface area (Å²) in [5.41, 5.74) is 1.55. The van der Waals surface area contributed by atoms with Gasteiger partial charge in [0.15, 0.2) is 6.61 Å². The molecule has 0 spiro atoms. The van der Waals surface area contributed by atoms with Gasteiger partial charge < -0.3 is 10.1 Å².